The van der Waals surface area contributed by atoms with E-state index in [0.717, 1.165) is 3.57 Å². The van der Waals surface area contributed by atoms with E-state index in [1.165, 1.54) is 24.3 Å². The van der Waals surface area contributed by atoms with Crippen LogP contribution >= 0.6 is 34.2 Å². The van der Waals surface area contributed by atoms with E-state index in [-0.39, 0.29) is 29.5 Å². The topological polar surface area (TPSA) is 104 Å². The first-order chi connectivity index (χ1) is 16.4. The summed E-state index contributed by atoms with van der Waals surface area (Å²) >= 11 is 8.07. The SMILES string of the molecule is O=C(Nc1cc(Oc2ccc(Cl)cc2)cc([N+](=O)[O-])c1)c1ccc(COc2ccc(I)cc2)o1. The molecule has 1 amide bonds. The van der Waals surface area contributed by atoms with Gasteiger partial charge in [0.15, 0.2) is 5.76 Å². The van der Waals surface area contributed by atoms with Gasteiger partial charge in [-0.2, -0.15) is 0 Å². The van der Waals surface area contributed by atoms with Crippen LogP contribution in [0.15, 0.2) is 83.3 Å². The van der Waals surface area contributed by atoms with Crippen molar-refractivity contribution in [2.45, 2.75) is 6.61 Å². The van der Waals surface area contributed by atoms with Gasteiger partial charge in [-0.15, -0.1) is 0 Å². The molecule has 0 saturated heterocycles. The molecule has 0 aliphatic carbocycles. The summed E-state index contributed by atoms with van der Waals surface area (Å²) in [5.41, 5.74) is -0.0657. The molecule has 4 rings (SSSR count). The fourth-order valence-corrected chi connectivity index (χ4v) is 3.40. The van der Waals surface area contributed by atoms with Crippen molar-refractivity contribution in [1.29, 1.82) is 0 Å². The molecular weight excluding hydrogens is 575 g/mol. The molecule has 1 aromatic heterocycles. The molecule has 8 nitrogen and oxygen atoms in total. The standard InChI is InChI=1S/C24H16ClIN2O6/c25-15-1-5-20(6-2-15)33-22-12-17(11-18(13-22)28(30)31)27-24(29)23-10-9-21(34-23)14-32-19-7-3-16(26)4-8-19/h1-13H,14H2,(H,27,29). The molecule has 1 heterocycles. The highest BCUT2D eigenvalue weighted by molar-refractivity contribution is 14.1. The van der Waals surface area contributed by atoms with Crippen molar-refractivity contribution in [3.05, 3.63) is 109 Å². The van der Waals surface area contributed by atoms with Gasteiger partial charge in [0.25, 0.3) is 11.6 Å². The van der Waals surface area contributed by atoms with Crippen LogP contribution in [0.3, 0.4) is 0 Å². The summed E-state index contributed by atoms with van der Waals surface area (Å²) in [4.78, 5) is 23.4. The van der Waals surface area contributed by atoms with E-state index in [9.17, 15) is 14.9 Å². The number of nitrogens with one attached hydrogen (secondary N) is 1. The Morgan fingerprint density at radius 3 is 2.38 bits per heavy atom. The number of anilines is 1. The minimum absolute atomic E-state index is 0.0351. The zero-order chi connectivity index (χ0) is 24.1. The maximum absolute atomic E-state index is 12.7. The number of non-ortho nitro benzene ring substituents is 1. The van der Waals surface area contributed by atoms with E-state index in [1.54, 1.807) is 30.3 Å². The maximum Gasteiger partial charge on any atom is 0.291 e. The van der Waals surface area contributed by atoms with Crippen LogP contribution in [0, 0.1) is 13.7 Å². The Hall–Kier alpha value is -3.57. The summed E-state index contributed by atoms with van der Waals surface area (Å²) in [6.45, 7) is 0.143. The first-order valence-electron chi connectivity index (χ1n) is 9.87. The van der Waals surface area contributed by atoms with Gasteiger partial charge in [0.1, 0.15) is 29.6 Å². The van der Waals surface area contributed by atoms with Crippen molar-refractivity contribution in [1.82, 2.24) is 0 Å². The average molecular weight is 591 g/mol. The number of nitrogens with zero attached hydrogens (tertiary/aromatic N) is 1. The summed E-state index contributed by atoms with van der Waals surface area (Å²) in [6.07, 6.45) is 0. The van der Waals surface area contributed by atoms with E-state index >= 15 is 0 Å². The van der Waals surface area contributed by atoms with Crippen molar-refractivity contribution in [3.63, 3.8) is 0 Å². The first-order valence-corrected chi connectivity index (χ1v) is 11.3. The van der Waals surface area contributed by atoms with Crippen LogP contribution in [0.25, 0.3) is 0 Å². The van der Waals surface area contributed by atoms with E-state index in [4.69, 9.17) is 25.5 Å². The van der Waals surface area contributed by atoms with Crippen LogP contribution < -0.4 is 14.8 Å². The fraction of sp³-hybridized carbons (Fsp3) is 0.0417. The summed E-state index contributed by atoms with van der Waals surface area (Å²) in [5, 5.41) is 14.5. The molecule has 10 heteroatoms. The van der Waals surface area contributed by atoms with Crippen LogP contribution in [0.1, 0.15) is 16.3 Å². The normalized spacial score (nSPS) is 10.5. The number of hydrogen-bond donors (Lipinski definition) is 1. The van der Waals surface area contributed by atoms with Crippen molar-refractivity contribution < 1.29 is 23.6 Å². The molecular formula is C24H16ClIN2O6. The summed E-state index contributed by atoms with van der Waals surface area (Å²) in [5.74, 6) is 1.21. The largest absolute Gasteiger partial charge is 0.486 e. The monoisotopic (exact) mass is 590 g/mol. The first kappa shape index (κ1) is 23.6. The van der Waals surface area contributed by atoms with Gasteiger partial charge in [0.05, 0.1) is 16.7 Å². The van der Waals surface area contributed by atoms with Crippen LogP contribution in [-0.2, 0) is 6.61 Å². The number of amides is 1. The Morgan fingerprint density at radius 2 is 1.68 bits per heavy atom. The Morgan fingerprint density at radius 1 is 0.971 bits per heavy atom. The van der Waals surface area contributed by atoms with E-state index < -0.39 is 10.8 Å². The molecule has 34 heavy (non-hydrogen) atoms. The lowest BCUT2D eigenvalue weighted by atomic mass is 10.2. The predicted octanol–water partition coefficient (Wildman–Crippen LogP) is 7.07. The van der Waals surface area contributed by atoms with Gasteiger partial charge in [-0.05, 0) is 83.3 Å². The number of ether oxygens (including phenoxy) is 2. The van der Waals surface area contributed by atoms with Crippen molar-refractivity contribution in [2.24, 2.45) is 0 Å². The van der Waals surface area contributed by atoms with Gasteiger partial charge in [-0.25, -0.2) is 0 Å². The summed E-state index contributed by atoms with van der Waals surface area (Å²) < 4.78 is 18.0. The molecule has 0 aliphatic rings. The van der Waals surface area contributed by atoms with Crippen molar-refractivity contribution in [3.8, 4) is 17.2 Å². The Bertz CT molecular complexity index is 1320. The van der Waals surface area contributed by atoms with Gasteiger partial charge in [0, 0.05) is 20.7 Å². The molecule has 0 aliphatic heterocycles. The Labute approximate surface area is 212 Å². The predicted molar refractivity (Wildman–Crippen MR) is 135 cm³/mol. The lowest BCUT2D eigenvalue weighted by Gasteiger charge is -2.09. The third kappa shape index (κ3) is 6.27. The minimum atomic E-state index is -0.572. The van der Waals surface area contributed by atoms with E-state index in [1.807, 2.05) is 24.3 Å². The maximum atomic E-state index is 12.7. The number of benzene rings is 3. The molecule has 4 aromatic rings. The van der Waals surface area contributed by atoms with Crippen molar-refractivity contribution in [2.75, 3.05) is 5.32 Å². The highest BCUT2D eigenvalue weighted by atomic mass is 127. The summed E-state index contributed by atoms with van der Waals surface area (Å²) in [7, 11) is 0. The molecule has 1 N–H and O–H groups in total. The lowest BCUT2D eigenvalue weighted by molar-refractivity contribution is -0.384. The fourth-order valence-electron chi connectivity index (χ4n) is 2.91. The second kappa shape index (κ2) is 10.6. The molecule has 0 bridgehead atoms. The van der Waals surface area contributed by atoms with E-state index in [0.29, 0.717) is 22.3 Å². The molecule has 0 radical (unpaired) electrons. The number of nitro benzene ring substituents is 1. The van der Waals surface area contributed by atoms with Crippen molar-refractivity contribution >= 4 is 51.5 Å². The smallest absolute Gasteiger partial charge is 0.291 e. The number of hydrogen-bond acceptors (Lipinski definition) is 6. The van der Waals surface area contributed by atoms with Gasteiger partial charge >= 0.3 is 0 Å². The molecule has 3 aromatic carbocycles. The Balaban J connectivity index is 1.45. The molecule has 0 unspecified atom stereocenters. The number of nitro groups is 1. The highest BCUT2D eigenvalue weighted by Gasteiger charge is 2.16. The average Bonchev–Trinajstić information content (AvgIpc) is 3.29. The zero-order valence-corrected chi connectivity index (χ0v) is 20.3. The van der Waals surface area contributed by atoms with Crippen LogP contribution in [-0.4, -0.2) is 10.8 Å². The van der Waals surface area contributed by atoms with Crippen LogP contribution in [0.5, 0.6) is 17.2 Å². The molecule has 172 valence electrons. The Kier molecular flexibility index (Phi) is 7.33. The number of halogens is 2. The highest BCUT2D eigenvalue weighted by Crippen LogP contribution is 2.30. The van der Waals surface area contributed by atoms with Crippen LogP contribution in [0.4, 0.5) is 11.4 Å². The third-order valence-electron chi connectivity index (χ3n) is 4.49. The van der Waals surface area contributed by atoms with Gasteiger partial charge in [0.2, 0.25) is 0 Å². The minimum Gasteiger partial charge on any atom is -0.486 e. The molecule has 0 fully saturated rings. The quantitative estimate of drug-likeness (QED) is 0.134. The number of rotatable bonds is 8. The van der Waals surface area contributed by atoms with Crippen LogP contribution in [0.2, 0.25) is 5.02 Å². The number of carbonyl (C=O) groups is 1. The number of carbonyl (C=O) groups excluding carboxylic acids is 1. The lowest BCUT2D eigenvalue weighted by Crippen LogP contribution is -2.11. The number of furan rings is 1. The second-order valence-corrected chi connectivity index (χ2v) is 8.67. The molecule has 0 spiro atoms. The zero-order valence-electron chi connectivity index (χ0n) is 17.4. The molecule has 0 atom stereocenters. The second-order valence-electron chi connectivity index (χ2n) is 6.99. The van der Waals surface area contributed by atoms with Gasteiger partial charge in [-0.3, -0.25) is 14.9 Å². The van der Waals surface area contributed by atoms with E-state index in [2.05, 4.69) is 27.9 Å². The summed E-state index contributed by atoms with van der Waals surface area (Å²) in [6, 6.07) is 21.1. The van der Waals surface area contributed by atoms with Gasteiger partial charge in [-0.1, -0.05) is 11.6 Å². The third-order valence-corrected chi connectivity index (χ3v) is 5.46. The van der Waals surface area contributed by atoms with Gasteiger partial charge < -0.3 is 19.2 Å². The molecule has 0 saturated carbocycles.